The number of imide groups is 1. The maximum atomic E-state index is 12.2. The Morgan fingerprint density at radius 3 is 2.62 bits per heavy atom. The van der Waals surface area contributed by atoms with Gasteiger partial charge in [-0.15, -0.1) is 0 Å². The Bertz CT molecular complexity index is 677. The highest BCUT2D eigenvalue weighted by Gasteiger charge is 2.38. The molecule has 1 aliphatic rings. The fraction of sp³-hybridized carbons (Fsp3) is 0.444. The topological polar surface area (TPSA) is 105 Å². The van der Waals surface area contributed by atoms with Crippen molar-refractivity contribution < 1.29 is 23.9 Å². The molecule has 8 nitrogen and oxygen atoms in total. The molecule has 0 radical (unpaired) electrons. The summed E-state index contributed by atoms with van der Waals surface area (Å²) in [4.78, 5) is 48.8. The summed E-state index contributed by atoms with van der Waals surface area (Å²) in [6.07, 6.45) is 0.0496. The number of nitrogens with one attached hydrogen (secondary N) is 2. The van der Waals surface area contributed by atoms with Crippen LogP contribution in [0.3, 0.4) is 0 Å². The average molecular weight is 361 g/mol. The smallest absolute Gasteiger partial charge is 0.321 e. The molecule has 0 unspecified atom stereocenters. The van der Waals surface area contributed by atoms with E-state index in [1.807, 2.05) is 42.6 Å². The Morgan fingerprint density at radius 1 is 1.27 bits per heavy atom. The molecule has 1 aromatic rings. The number of amides is 4. The van der Waals surface area contributed by atoms with Crippen LogP contribution in [0.25, 0.3) is 0 Å². The van der Waals surface area contributed by atoms with E-state index in [9.17, 15) is 19.2 Å². The molecule has 4 amide bonds. The van der Waals surface area contributed by atoms with E-state index in [-0.39, 0.29) is 24.9 Å². The molecule has 2 atom stereocenters. The molecule has 2 N–H and O–H groups in total. The minimum Gasteiger partial charge on any atom is -0.455 e. The van der Waals surface area contributed by atoms with Crippen molar-refractivity contribution in [2.75, 3.05) is 19.7 Å². The first-order valence-corrected chi connectivity index (χ1v) is 8.51. The van der Waals surface area contributed by atoms with Gasteiger partial charge in [0.2, 0.25) is 5.91 Å². The van der Waals surface area contributed by atoms with Crippen LogP contribution in [0.1, 0.15) is 31.9 Å². The Morgan fingerprint density at radius 2 is 1.96 bits per heavy atom. The van der Waals surface area contributed by atoms with Crippen molar-refractivity contribution in [3.05, 3.63) is 35.9 Å². The Labute approximate surface area is 151 Å². The number of rotatable bonds is 6. The lowest BCUT2D eigenvalue weighted by Crippen LogP contribution is -2.41. The Kier molecular flexibility index (Phi) is 6.71. The number of ether oxygens (including phenoxy) is 1. The van der Waals surface area contributed by atoms with E-state index in [2.05, 4.69) is 5.32 Å². The zero-order valence-electron chi connectivity index (χ0n) is 14.9. The van der Waals surface area contributed by atoms with Crippen LogP contribution in [0.2, 0.25) is 0 Å². The quantitative estimate of drug-likeness (QED) is 0.735. The number of hydrogen-bond donors (Lipinski definition) is 2. The SMILES string of the molecule is CCNC(=O)NC(=O)COC(=O)[C@H]1CC(=O)N([C@H](C)c2ccccc2)C1. The summed E-state index contributed by atoms with van der Waals surface area (Å²) in [6.45, 7) is 3.67. The first-order chi connectivity index (χ1) is 12.4. The normalized spacial score (nSPS) is 17.5. The summed E-state index contributed by atoms with van der Waals surface area (Å²) in [6, 6.07) is 8.74. The van der Waals surface area contributed by atoms with Crippen molar-refractivity contribution in [2.45, 2.75) is 26.3 Å². The third-order valence-electron chi connectivity index (χ3n) is 4.18. The van der Waals surface area contributed by atoms with Crippen molar-refractivity contribution in [2.24, 2.45) is 5.92 Å². The van der Waals surface area contributed by atoms with Gasteiger partial charge in [0.15, 0.2) is 6.61 Å². The van der Waals surface area contributed by atoms with Gasteiger partial charge in [-0.2, -0.15) is 0 Å². The highest BCUT2D eigenvalue weighted by Crippen LogP contribution is 2.28. The van der Waals surface area contributed by atoms with Crippen LogP contribution in [-0.4, -0.2) is 48.4 Å². The Balaban J connectivity index is 1.85. The molecule has 0 aromatic heterocycles. The molecule has 0 saturated carbocycles. The molecule has 140 valence electrons. The zero-order chi connectivity index (χ0) is 19.1. The predicted octanol–water partition coefficient (Wildman–Crippen LogP) is 0.985. The van der Waals surface area contributed by atoms with Gasteiger partial charge < -0.3 is 15.0 Å². The summed E-state index contributed by atoms with van der Waals surface area (Å²) in [7, 11) is 0. The van der Waals surface area contributed by atoms with Gasteiger partial charge in [0.05, 0.1) is 12.0 Å². The first-order valence-electron chi connectivity index (χ1n) is 8.51. The predicted molar refractivity (Wildman–Crippen MR) is 92.9 cm³/mol. The largest absolute Gasteiger partial charge is 0.455 e. The molecule has 1 aromatic carbocycles. The van der Waals surface area contributed by atoms with E-state index in [4.69, 9.17) is 4.74 Å². The molecular weight excluding hydrogens is 338 g/mol. The second-order valence-corrected chi connectivity index (χ2v) is 6.05. The molecule has 0 aliphatic carbocycles. The second kappa shape index (κ2) is 8.98. The van der Waals surface area contributed by atoms with E-state index >= 15 is 0 Å². The van der Waals surface area contributed by atoms with Gasteiger partial charge in [-0.1, -0.05) is 30.3 Å². The lowest BCUT2D eigenvalue weighted by molar-refractivity contribution is -0.152. The summed E-state index contributed by atoms with van der Waals surface area (Å²) in [5, 5.41) is 4.44. The summed E-state index contributed by atoms with van der Waals surface area (Å²) in [5.41, 5.74) is 0.983. The molecule has 8 heteroatoms. The fourth-order valence-electron chi connectivity index (χ4n) is 2.80. The van der Waals surface area contributed by atoms with E-state index in [1.54, 1.807) is 11.8 Å². The third kappa shape index (κ3) is 5.05. The number of urea groups is 1. The maximum absolute atomic E-state index is 12.2. The van der Waals surface area contributed by atoms with Crippen LogP contribution in [0.5, 0.6) is 0 Å². The van der Waals surface area contributed by atoms with Crippen molar-refractivity contribution in [3.63, 3.8) is 0 Å². The van der Waals surface area contributed by atoms with Gasteiger partial charge in [0, 0.05) is 19.5 Å². The molecular formula is C18H23N3O5. The number of benzene rings is 1. The number of nitrogens with zero attached hydrogens (tertiary/aromatic N) is 1. The van der Waals surface area contributed by atoms with Gasteiger partial charge >= 0.3 is 12.0 Å². The molecule has 1 saturated heterocycles. The molecule has 1 fully saturated rings. The monoisotopic (exact) mass is 361 g/mol. The third-order valence-corrected chi connectivity index (χ3v) is 4.18. The summed E-state index contributed by atoms with van der Waals surface area (Å²) in [5.74, 6) is -2.09. The van der Waals surface area contributed by atoms with Crippen LogP contribution < -0.4 is 10.6 Å². The number of hydrogen-bond acceptors (Lipinski definition) is 5. The second-order valence-electron chi connectivity index (χ2n) is 6.05. The van der Waals surface area contributed by atoms with Crippen molar-refractivity contribution in [3.8, 4) is 0 Å². The van der Waals surface area contributed by atoms with Gasteiger partial charge in [-0.25, -0.2) is 4.79 Å². The fourth-order valence-corrected chi connectivity index (χ4v) is 2.80. The van der Waals surface area contributed by atoms with E-state index in [1.165, 1.54) is 0 Å². The minimum atomic E-state index is -0.719. The summed E-state index contributed by atoms with van der Waals surface area (Å²) >= 11 is 0. The highest BCUT2D eigenvalue weighted by atomic mass is 16.5. The number of esters is 1. The van der Waals surface area contributed by atoms with E-state index in [0.29, 0.717) is 6.54 Å². The van der Waals surface area contributed by atoms with Crippen LogP contribution in [0.4, 0.5) is 4.79 Å². The maximum Gasteiger partial charge on any atom is 0.321 e. The molecule has 26 heavy (non-hydrogen) atoms. The van der Waals surface area contributed by atoms with Crippen LogP contribution >= 0.6 is 0 Å². The minimum absolute atomic E-state index is 0.0496. The van der Waals surface area contributed by atoms with Crippen molar-refractivity contribution in [1.29, 1.82) is 0 Å². The zero-order valence-corrected chi connectivity index (χ0v) is 14.9. The molecule has 1 aliphatic heterocycles. The van der Waals surface area contributed by atoms with Crippen molar-refractivity contribution in [1.82, 2.24) is 15.5 Å². The average Bonchev–Trinajstić information content (AvgIpc) is 3.01. The van der Waals surface area contributed by atoms with Crippen LogP contribution in [-0.2, 0) is 19.1 Å². The molecule has 0 spiro atoms. The Hall–Kier alpha value is -2.90. The standard InChI is InChI=1S/C18H23N3O5/c1-3-19-18(25)20-15(22)11-26-17(24)14-9-16(23)21(10-14)12(2)13-7-5-4-6-8-13/h4-8,12,14H,3,9-11H2,1-2H3,(H2,19,20,22,25)/t12-,14+/m1/s1. The lowest BCUT2D eigenvalue weighted by Gasteiger charge is -2.25. The van der Waals surface area contributed by atoms with Gasteiger partial charge in [0.25, 0.3) is 5.91 Å². The summed E-state index contributed by atoms with van der Waals surface area (Å²) < 4.78 is 4.94. The number of carbonyl (C=O) groups is 4. The van der Waals surface area contributed by atoms with Gasteiger partial charge in [0.1, 0.15) is 0 Å². The molecule has 0 bridgehead atoms. The van der Waals surface area contributed by atoms with Crippen molar-refractivity contribution >= 4 is 23.8 Å². The first kappa shape index (κ1) is 19.4. The lowest BCUT2D eigenvalue weighted by atomic mass is 10.1. The van der Waals surface area contributed by atoms with Crippen LogP contribution in [0, 0.1) is 5.92 Å². The van der Waals surface area contributed by atoms with Crippen LogP contribution in [0.15, 0.2) is 30.3 Å². The van der Waals surface area contributed by atoms with Gasteiger partial charge in [-0.05, 0) is 19.4 Å². The van der Waals surface area contributed by atoms with Gasteiger partial charge in [-0.3, -0.25) is 19.7 Å². The molecule has 2 rings (SSSR count). The number of carbonyl (C=O) groups excluding carboxylic acids is 4. The van der Waals surface area contributed by atoms with E-state index < -0.39 is 30.4 Å². The van der Waals surface area contributed by atoms with E-state index in [0.717, 1.165) is 5.56 Å². The molecule has 1 heterocycles. The highest BCUT2D eigenvalue weighted by molar-refractivity contribution is 5.96. The number of likely N-dealkylation sites (tertiary alicyclic amines) is 1.